The Labute approximate surface area is 88.1 Å². The molecule has 1 aromatic rings. The van der Waals surface area contributed by atoms with Gasteiger partial charge in [0.15, 0.2) is 5.69 Å². The normalized spacial score (nSPS) is 9.73. The number of carbonyl (C=O) groups is 1. The van der Waals surface area contributed by atoms with Crippen molar-refractivity contribution in [2.24, 2.45) is 0 Å². The van der Waals surface area contributed by atoms with Gasteiger partial charge in [0.25, 0.3) is 6.01 Å². The van der Waals surface area contributed by atoms with E-state index < -0.39 is 5.97 Å². The van der Waals surface area contributed by atoms with Crippen LogP contribution in [0.4, 0.5) is 6.01 Å². The van der Waals surface area contributed by atoms with Crippen molar-refractivity contribution in [3.8, 4) is 0 Å². The third-order valence-corrected chi connectivity index (χ3v) is 1.53. The van der Waals surface area contributed by atoms with E-state index in [2.05, 4.69) is 16.9 Å². The van der Waals surface area contributed by atoms with Crippen molar-refractivity contribution in [1.82, 2.24) is 4.98 Å². The van der Waals surface area contributed by atoms with Gasteiger partial charge < -0.3 is 14.5 Å². The molecule has 0 saturated heterocycles. The summed E-state index contributed by atoms with van der Waals surface area (Å²) >= 11 is 0. The maximum absolute atomic E-state index is 11.2. The van der Waals surface area contributed by atoms with Gasteiger partial charge >= 0.3 is 5.97 Å². The average Bonchev–Trinajstić information content (AvgIpc) is 2.63. The summed E-state index contributed by atoms with van der Waals surface area (Å²) in [7, 11) is 0. The minimum atomic E-state index is -0.482. The number of carbonyl (C=O) groups excluding carboxylic acids is 1. The van der Waals surface area contributed by atoms with Gasteiger partial charge in [-0.15, -0.1) is 0 Å². The van der Waals surface area contributed by atoms with Crippen molar-refractivity contribution in [3.05, 3.63) is 24.1 Å². The van der Waals surface area contributed by atoms with E-state index in [1.54, 1.807) is 6.92 Å². The second-order valence-corrected chi connectivity index (χ2v) is 3.07. The van der Waals surface area contributed by atoms with Crippen LogP contribution >= 0.6 is 0 Å². The first-order valence-electron chi connectivity index (χ1n) is 4.64. The molecule has 1 N–H and O–H groups in total. The lowest BCUT2D eigenvalue weighted by Crippen LogP contribution is -2.06. The molecule has 0 radical (unpaired) electrons. The molecule has 1 heterocycles. The fourth-order valence-corrected chi connectivity index (χ4v) is 0.880. The molecule has 0 spiro atoms. The number of esters is 1. The summed E-state index contributed by atoms with van der Waals surface area (Å²) in [6, 6.07) is 0.293. The number of nitrogens with zero attached hydrogens (tertiary/aromatic N) is 1. The van der Waals surface area contributed by atoms with E-state index >= 15 is 0 Å². The third kappa shape index (κ3) is 3.46. The molecule has 0 aliphatic rings. The van der Waals surface area contributed by atoms with Gasteiger partial charge in [0.1, 0.15) is 6.26 Å². The Hall–Kier alpha value is -1.78. The van der Waals surface area contributed by atoms with Crippen LogP contribution in [0.15, 0.2) is 22.8 Å². The second kappa shape index (κ2) is 5.19. The van der Waals surface area contributed by atoms with Crippen molar-refractivity contribution in [2.75, 3.05) is 18.5 Å². The molecule has 1 aromatic heterocycles. The van der Waals surface area contributed by atoms with Gasteiger partial charge in [-0.3, -0.25) is 0 Å². The zero-order valence-corrected chi connectivity index (χ0v) is 8.87. The van der Waals surface area contributed by atoms with Crippen LogP contribution in [0.1, 0.15) is 24.3 Å². The van der Waals surface area contributed by atoms with E-state index in [0.717, 1.165) is 5.57 Å². The summed E-state index contributed by atoms with van der Waals surface area (Å²) in [5, 5.41) is 2.88. The maximum atomic E-state index is 11.2. The van der Waals surface area contributed by atoms with Crippen LogP contribution in [0.5, 0.6) is 0 Å². The number of aromatic nitrogens is 1. The number of hydrogen-bond acceptors (Lipinski definition) is 5. The van der Waals surface area contributed by atoms with E-state index in [1.165, 1.54) is 6.26 Å². The average molecular weight is 210 g/mol. The summed E-state index contributed by atoms with van der Waals surface area (Å²) in [4.78, 5) is 15.1. The van der Waals surface area contributed by atoms with Gasteiger partial charge in [-0.25, -0.2) is 4.79 Å². The molecule has 0 saturated carbocycles. The molecule has 5 heteroatoms. The number of nitrogens with one attached hydrogen (secondary N) is 1. The SMILES string of the molecule is C=C(C)CNc1nc(C(=O)OCC)co1. The van der Waals surface area contributed by atoms with Crippen LogP contribution in [0.3, 0.4) is 0 Å². The summed E-state index contributed by atoms with van der Waals surface area (Å²) in [5.74, 6) is -0.482. The minimum Gasteiger partial charge on any atom is -0.461 e. The number of oxazole rings is 1. The fourth-order valence-electron chi connectivity index (χ4n) is 0.880. The Morgan fingerprint density at radius 1 is 1.73 bits per heavy atom. The highest BCUT2D eigenvalue weighted by atomic mass is 16.5. The van der Waals surface area contributed by atoms with Crippen LogP contribution in [0.25, 0.3) is 0 Å². The quantitative estimate of drug-likeness (QED) is 0.593. The zero-order chi connectivity index (χ0) is 11.3. The molecule has 0 aliphatic heterocycles. The van der Waals surface area contributed by atoms with Gasteiger partial charge in [0.2, 0.25) is 0 Å². The molecule has 15 heavy (non-hydrogen) atoms. The van der Waals surface area contributed by atoms with Crippen LogP contribution in [0, 0.1) is 0 Å². The molecule has 0 aromatic carbocycles. The predicted molar refractivity (Wildman–Crippen MR) is 55.8 cm³/mol. The van der Waals surface area contributed by atoms with E-state index in [1.807, 2.05) is 6.92 Å². The number of anilines is 1. The zero-order valence-electron chi connectivity index (χ0n) is 8.87. The Kier molecular flexibility index (Phi) is 3.91. The lowest BCUT2D eigenvalue weighted by Gasteiger charge is -1.98. The first-order valence-corrected chi connectivity index (χ1v) is 4.64. The molecular weight excluding hydrogens is 196 g/mol. The van der Waals surface area contributed by atoms with Gasteiger partial charge in [-0.05, 0) is 13.8 Å². The van der Waals surface area contributed by atoms with Crippen LogP contribution in [-0.2, 0) is 4.74 Å². The Bertz CT molecular complexity index is 357. The third-order valence-electron chi connectivity index (χ3n) is 1.53. The van der Waals surface area contributed by atoms with Crippen molar-refractivity contribution < 1.29 is 13.9 Å². The van der Waals surface area contributed by atoms with Crippen molar-refractivity contribution >= 4 is 12.0 Å². The van der Waals surface area contributed by atoms with Crippen LogP contribution in [-0.4, -0.2) is 24.1 Å². The molecule has 0 amide bonds. The smallest absolute Gasteiger partial charge is 0.360 e. The molecule has 0 unspecified atom stereocenters. The fraction of sp³-hybridized carbons (Fsp3) is 0.400. The molecule has 1 rings (SSSR count). The standard InChI is InChI=1S/C10H14N2O3/c1-4-14-9(13)8-6-15-10(12-8)11-5-7(2)3/h6H,2,4-5H2,1,3H3,(H,11,12). The predicted octanol–water partition coefficient (Wildman–Crippen LogP) is 1.84. The highest BCUT2D eigenvalue weighted by molar-refractivity contribution is 5.87. The van der Waals surface area contributed by atoms with E-state index in [0.29, 0.717) is 19.2 Å². The molecule has 0 atom stereocenters. The summed E-state index contributed by atoms with van der Waals surface area (Å²) in [6.45, 7) is 8.21. The van der Waals surface area contributed by atoms with Gasteiger partial charge in [0, 0.05) is 6.54 Å². The van der Waals surface area contributed by atoms with Crippen molar-refractivity contribution in [2.45, 2.75) is 13.8 Å². The first-order chi connectivity index (χ1) is 7.13. The lowest BCUT2D eigenvalue weighted by molar-refractivity contribution is 0.0519. The Morgan fingerprint density at radius 2 is 2.47 bits per heavy atom. The molecule has 0 bridgehead atoms. The Morgan fingerprint density at radius 3 is 3.07 bits per heavy atom. The van der Waals surface area contributed by atoms with Gasteiger partial charge in [0.05, 0.1) is 6.61 Å². The van der Waals surface area contributed by atoms with Gasteiger partial charge in [-0.1, -0.05) is 12.2 Å². The molecular formula is C10H14N2O3. The van der Waals surface area contributed by atoms with E-state index in [9.17, 15) is 4.79 Å². The van der Waals surface area contributed by atoms with Crippen molar-refractivity contribution in [3.63, 3.8) is 0 Å². The highest BCUT2D eigenvalue weighted by Crippen LogP contribution is 2.08. The summed E-state index contributed by atoms with van der Waals surface area (Å²) < 4.78 is 9.78. The topological polar surface area (TPSA) is 64.4 Å². The number of ether oxygens (including phenoxy) is 1. The molecule has 0 aliphatic carbocycles. The highest BCUT2D eigenvalue weighted by Gasteiger charge is 2.12. The summed E-state index contributed by atoms with van der Waals surface area (Å²) in [5.41, 5.74) is 1.12. The van der Waals surface area contributed by atoms with Gasteiger partial charge in [-0.2, -0.15) is 4.98 Å². The van der Waals surface area contributed by atoms with Crippen molar-refractivity contribution in [1.29, 1.82) is 0 Å². The monoisotopic (exact) mass is 210 g/mol. The van der Waals surface area contributed by atoms with Crippen LogP contribution < -0.4 is 5.32 Å². The Balaban J connectivity index is 2.56. The number of hydrogen-bond donors (Lipinski definition) is 1. The van der Waals surface area contributed by atoms with E-state index in [4.69, 9.17) is 9.15 Å². The maximum Gasteiger partial charge on any atom is 0.360 e. The minimum absolute atomic E-state index is 0.168. The molecule has 0 fully saturated rings. The summed E-state index contributed by atoms with van der Waals surface area (Å²) in [6.07, 6.45) is 1.26. The number of rotatable bonds is 5. The molecule has 82 valence electrons. The van der Waals surface area contributed by atoms with Crippen LogP contribution in [0.2, 0.25) is 0 Å². The lowest BCUT2D eigenvalue weighted by atomic mass is 10.3. The largest absolute Gasteiger partial charge is 0.461 e. The first kappa shape index (κ1) is 11.3. The van der Waals surface area contributed by atoms with E-state index in [-0.39, 0.29) is 5.69 Å². The molecule has 5 nitrogen and oxygen atoms in total. The second-order valence-electron chi connectivity index (χ2n) is 3.07.